The van der Waals surface area contributed by atoms with Crippen molar-refractivity contribution in [3.05, 3.63) is 22.3 Å². The van der Waals surface area contributed by atoms with Crippen LogP contribution in [0.3, 0.4) is 0 Å². The molecule has 1 aromatic carbocycles. The van der Waals surface area contributed by atoms with Crippen molar-refractivity contribution in [1.29, 1.82) is 0 Å². The van der Waals surface area contributed by atoms with Crippen molar-refractivity contribution in [1.82, 2.24) is 0 Å². The highest BCUT2D eigenvalue weighted by Crippen LogP contribution is 2.44. The minimum Gasteiger partial charge on any atom is -0.507 e. The van der Waals surface area contributed by atoms with Crippen LogP contribution in [-0.4, -0.2) is 10.7 Å². The molecule has 0 aliphatic carbocycles. The molecule has 1 aliphatic rings. The van der Waals surface area contributed by atoms with E-state index in [9.17, 15) is 5.11 Å². The predicted octanol–water partition coefficient (Wildman–Crippen LogP) is 8.10. The number of hydrogen-bond donors (Lipinski definition) is 1. The Labute approximate surface area is 174 Å². The first kappa shape index (κ1) is 23.1. The maximum Gasteiger partial charge on any atom is 0.127 e. The van der Waals surface area contributed by atoms with Gasteiger partial charge < -0.3 is 9.84 Å². The van der Waals surface area contributed by atoms with Crippen molar-refractivity contribution in [2.75, 3.05) is 0 Å². The standard InChI is InChI=1S/C26H44O2/c1-6-7-8-9-10-11-12-13-14-15-16-18-26(5)19-17-23-22(4)24(27)20(2)21(3)25(23)28-26/h27H,6-19H2,1-5H3/t26-/m1/s1. The summed E-state index contributed by atoms with van der Waals surface area (Å²) in [5.41, 5.74) is 4.26. The summed E-state index contributed by atoms with van der Waals surface area (Å²) in [6.07, 6.45) is 18.4. The number of benzene rings is 1. The lowest BCUT2D eigenvalue weighted by atomic mass is 9.84. The molecule has 0 radical (unpaired) electrons. The third-order valence-corrected chi connectivity index (χ3v) is 6.90. The Bertz CT molecular complexity index is 620. The van der Waals surface area contributed by atoms with Gasteiger partial charge in [0.25, 0.3) is 0 Å². The SMILES string of the molecule is CCCCCCCCCCCCC[C@]1(C)CCc2c(C)c(O)c(C)c(C)c2O1. The third kappa shape index (κ3) is 6.16. The molecule has 2 rings (SSSR count). The number of unbranched alkanes of at least 4 members (excludes halogenated alkanes) is 10. The summed E-state index contributed by atoms with van der Waals surface area (Å²) in [6.45, 7) is 10.7. The Kier molecular flexibility index (Phi) is 9.18. The van der Waals surface area contributed by atoms with Crippen LogP contribution in [0.1, 0.15) is 120 Å². The summed E-state index contributed by atoms with van der Waals surface area (Å²) < 4.78 is 6.55. The van der Waals surface area contributed by atoms with E-state index in [1.54, 1.807) is 0 Å². The Morgan fingerprint density at radius 1 is 0.786 bits per heavy atom. The zero-order valence-electron chi connectivity index (χ0n) is 19.3. The first-order valence-electron chi connectivity index (χ1n) is 11.9. The summed E-state index contributed by atoms with van der Waals surface area (Å²) >= 11 is 0. The molecule has 2 heteroatoms. The summed E-state index contributed by atoms with van der Waals surface area (Å²) in [4.78, 5) is 0. The van der Waals surface area contributed by atoms with Crippen LogP contribution in [0.25, 0.3) is 0 Å². The van der Waals surface area contributed by atoms with Gasteiger partial charge in [-0.25, -0.2) is 0 Å². The van der Waals surface area contributed by atoms with Crippen molar-refractivity contribution in [3.8, 4) is 11.5 Å². The molecule has 0 aromatic heterocycles. The third-order valence-electron chi connectivity index (χ3n) is 6.90. The first-order valence-corrected chi connectivity index (χ1v) is 11.9. The van der Waals surface area contributed by atoms with E-state index in [4.69, 9.17) is 4.74 Å². The lowest BCUT2D eigenvalue weighted by Gasteiger charge is -2.38. The zero-order chi connectivity index (χ0) is 20.6. The number of phenolic OH excluding ortho intramolecular Hbond substituents is 1. The average molecular weight is 389 g/mol. The number of ether oxygens (including phenoxy) is 1. The number of rotatable bonds is 12. The number of hydrogen-bond acceptors (Lipinski definition) is 2. The highest BCUT2D eigenvalue weighted by Gasteiger charge is 2.34. The van der Waals surface area contributed by atoms with Gasteiger partial charge in [-0.2, -0.15) is 0 Å². The number of fused-ring (bicyclic) bond motifs is 1. The van der Waals surface area contributed by atoms with Crippen LogP contribution in [0.4, 0.5) is 0 Å². The smallest absolute Gasteiger partial charge is 0.127 e. The van der Waals surface area contributed by atoms with Crippen LogP contribution in [-0.2, 0) is 6.42 Å². The van der Waals surface area contributed by atoms with E-state index in [1.165, 1.54) is 76.2 Å². The van der Waals surface area contributed by atoms with Gasteiger partial charge >= 0.3 is 0 Å². The lowest BCUT2D eigenvalue weighted by Crippen LogP contribution is -2.37. The molecule has 0 saturated carbocycles. The van der Waals surface area contributed by atoms with Gasteiger partial charge in [0.05, 0.1) is 0 Å². The van der Waals surface area contributed by atoms with Crippen LogP contribution < -0.4 is 4.74 Å². The Balaban J connectivity index is 1.69. The average Bonchev–Trinajstić information content (AvgIpc) is 2.69. The first-order chi connectivity index (χ1) is 13.4. The van der Waals surface area contributed by atoms with Crippen molar-refractivity contribution in [2.45, 2.75) is 130 Å². The molecule has 0 unspecified atom stereocenters. The minimum atomic E-state index is -0.0487. The molecule has 2 nitrogen and oxygen atoms in total. The van der Waals surface area contributed by atoms with Crippen molar-refractivity contribution < 1.29 is 9.84 Å². The summed E-state index contributed by atoms with van der Waals surface area (Å²) in [5.74, 6) is 1.50. The van der Waals surface area contributed by atoms with Gasteiger partial charge in [0.2, 0.25) is 0 Å². The second-order valence-corrected chi connectivity index (χ2v) is 9.37. The Morgan fingerprint density at radius 3 is 1.89 bits per heavy atom. The fourth-order valence-electron chi connectivity index (χ4n) is 4.63. The number of phenols is 1. The van der Waals surface area contributed by atoms with Gasteiger partial charge in [0, 0.05) is 5.56 Å². The summed E-state index contributed by atoms with van der Waals surface area (Å²) in [6, 6.07) is 0. The van der Waals surface area contributed by atoms with E-state index in [0.717, 1.165) is 41.7 Å². The van der Waals surface area contributed by atoms with E-state index >= 15 is 0 Å². The number of aromatic hydroxyl groups is 1. The van der Waals surface area contributed by atoms with Crippen molar-refractivity contribution in [3.63, 3.8) is 0 Å². The van der Waals surface area contributed by atoms with E-state index in [0.29, 0.717) is 5.75 Å². The van der Waals surface area contributed by atoms with Crippen LogP contribution in [0, 0.1) is 20.8 Å². The molecule has 0 fully saturated rings. The Hall–Kier alpha value is -1.18. The molecule has 1 N–H and O–H groups in total. The fourth-order valence-corrected chi connectivity index (χ4v) is 4.63. The highest BCUT2D eigenvalue weighted by atomic mass is 16.5. The maximum atomic E-state index is 10.3. The van der Waals surface area contributed by atoms with Crippen LogP contribution in [0.2, 0.25) is 0 Å². The van der Waals surface area contributed by atoms with E-state index in [2.05, 4.69) is 20.8 Å². The van der Waals surface area contributed by atoms with Crippen molar-refractivity contribution in [2.24, 2.45) is 0 Å². The van der Waals surface area contributed by atoms with Crippen LogP contribution >= 0.6 is 0 Å². The predicted molar refractivity (Wildman–Crippen MR) is 121 cm³/mol. The molecular weight excluding hydrogens is 344 g/mol. The molecule has 1 heterocycles. The van der Waals surface area contributed by atoms with Crippen molar-refractivity contribution >= 4 is 0 Å². The second kappa shape index (κ2) is 11.1. The lowest BCUT2D eigenvalue weighted by molar-refractivity contribution is 0.0521. The molecule has 160 valence electrons. The minimum absolute atomic E-state index is 0.0487. The molecule has 0 saturated heterocycles. The van der Waals surface area contributed by atoms with E-state index in [1.807, 2.05) is 13.8 Å². The quantitative estimate of drug-likeness (QED) is 0.366. The maximum absolute atomic E-state index is 10.3. The summed E-state index contributed by atoms with van der Waals surface area (Å²) in [5, 5.41) is 10.3. The molecule has 1 aromatic rings. The Morgan fingerprint density at radius 2 is 1.32 bits per heavy atom. The van der Waals surface area contributed by atoms with Gasteiger partial charge in [-0.3, -0.25) is 0 Å². The monoisotopic (exact) mass is 388 g/mol. The summed E-state index contributed by atoms with van der Waals surface area (Å²) in [7, 11) is 0. The zero-order valence-corrected chi connectivity index (χ0v) is 19.3. The van der Waals surface area contributed by atoms with E-state index in [-0.39, 0.29) is 5.60 Å². The van der Waals surface area contributed by atoms with E-state index < -0.39 is 0 Å². The van der Waals surface area contributed by atoms with Gasteiger partial charge in [0.1, 0.15) is 17.1 Å². The highest BCUT2D eigenvalue weighted by molar-refractivity contribution is 5.58. The van der Waals surface area contributed by atoms with Crippen LogP contribution in [0.15, 0.2) is 0 Å². The fraction of sp³-hybridized carbons (Fsp3) is 0.769. The van der Waals surface area contributed by atoms with Gasteiger partial charge in [0.15, 0.2) is 0 Å². The molecular formula is C26H44O2. The molecule has 0 bridgehead atoms. The molecule has 1 atom stereocenters. The topological polar surface area (TPSA) is 29.5 Å². The molecule has 0 spiro atoms. The molecule has 1 aliphatic heterocycles. The normalized spacial score (nSPS) is 18.8. The molecule has 28 heavy (non-hydrogen) atoms. The van der Waals surface area contributed by atoms with Gasteiger partial charge in [-0.15, -0.1) is 0 Å². The second-order valence-electron chi connectivity index (χ2n) is 9.37. The van der Waals surface area contributed by atoms with Gasteiger partial charge in [-0.1, -0.05) is 71.1 Å². The van der Waals surface area contributed by atoms with Crippen LogP contribution in [0.5, 0.6) is 11.5 Å². The largest absolute Gasteiger partial charge is 0.507 e. The van der Waals surface area contributed by atoms with Gasteiger partial charge in [-0.05, 0) is 70.1 Å². The molecule has 0 amide bonds.